The Labute approximate surface area is 142 Å². The summed E-state index contributed by atoms with van der Waals surface area (Å²) in [6.45, 7) is 8.21. The number of carbonyl (C=O) groups excluding carboxylic acids is 1. The van der Waals surface area contributed by atoms with Gasteiger partial charge in [-0.2, -0.15) is 0 Å². The zero-order valence-electron chi connectivity index (χ0n) is 14.7. The van der Waals surface area contributed by atoms with Gasteiger partial charge in [-0.05, 0) is 26.3 Å². The molecule has 3 N–H and O–H groups in total. The van der Waals surface area contributed by atoms with E-state index in [1.54, 1.807) is 0 Å². The Morgan fingerprint density at radius 2 is 1.83 bits per heavy atom. The van der Waals surface area contributed by atoms with E-state index in [0.29, 0.717) is 39.5 Å². The third-order valence-electron chi connectivity index (χ3n) is 2.47. The van der Waals surface area contributed by atoms with Crippen LogP contribution in [0.5, 0.6) is 0 Å². The van der Waals surface area contributed by atoms with Crippen molar-refractivity contribution in [3.8, 4) is 0 Å². The monoisotopic (exact) mass is 347 g/mol. The van der Waals surface area contributed by atoms with E-state index in [1.165, 1.54) is 0 Å². The van der Waals surface area contributed by atoms with E-state index < -0.39 is 12.0 Å². The van der Waals surface area contributed by atoms with E-state index in [2.05, 4.69) is 20.7 Å². The highest BCUT2D eigenvalue weighted by Crippen LogP contribution is 2.07. The first-order chi connectivity index (χ1) is 11.3. The lowest BCUT2D eigenvalue weighted by atomic mass is 10.2. The third-order valence-corrected chi connectivity index (χ3v) is 2.47. The van der Waals surface area contributed by atoms with Gasteiger partial charge in [-0.1, -0.05) is 5.11 Å². The molecule has 0 saturated heterocycles. The number of aliphatic hydroxyl groups is 1. The molecule has 0 aromatic heterocycles. The van der Waals surface area contributed by atoms with Gasteiger partial charge < -0.3 is 24.6 Å². The molecule has 1 unspecified atom stereocenters. The van der Waals surface area contributed by atoms with E-state index in [4.69, 9.17) is 19.7 Å². The second-order valence-corrected chi connectivity index (χ2v) is 5.82. The Morgan fingerprint density at radius 1 is 1.21 bits per heavy atom. The number of nitrogens with one attached hydrogen (secondary N) is 2. The fraction of sp³-hybridized carbons (Fsp3) is 0.929. The van der Waals surface area contributed by atoms with Crippen molar-refractivity contribution in [2.45, 2.75) is 39.2 Å². The second-order valence-electron chi connectivity index (χ2n) is 5.82. The largest absolute Gasteiger partial charge is 0.378 e. The number of azide groups is 1. The van der Waals surface area contributed by atoms with E-state index in [-0.39, 0.29) is 18.9 Å². The summed E-state index contributed by atoms with van der Waals surface area (Å²) < 4.78 is 15.9. The molecule has 0 aromatic carbocycles. The molecule has 0 saturated carbocycles. The van der Waals surface area contributed by atoms with Crippen molar-refractivity contribution < 1.29 is 24.1 Å². The summed E-state index contributed by atoms with van der Waals surface area (Å²) in [6, 6.07) is 0. The van der Waals surface area contributed by atoms with E-state index in [1.807, 2.05) is 20.8 Å². The minimum atomic E-state index is -1.02. The summed E-state index contributed by atoms with van der Waals surface area (Å²) >= 11 is 0. The highest BCUT2D eigenvalue weighted by atomic mass is 16.6. The van der Waals surface area contributed by atoms with Crippen LogP contribution in [0.1, 0.15) is 27.2 Å². The molecule has 0 fully saturated rings. The molecular formula is C14H29N5O5. The number of nitrogens with zero attached hydrogens (tertiary/aromatic N) is 3. The van der Waals surface area contributed by atoms with Crippen LogP contribution in [0.2, 0.25) is 0 Å². The van der Waals surface area contributed by atoms with Crippen molar-refractivity contribution in [3.05, 3.63) is 10.4 Å². The molecule has 1 amide bonds. The number of carbonyl (C=O) groups is 1. The molecule has 24 heavy (non-hydrogen) atoms. The van der Waals surface area contributed by atoms with Crippen molar-refractivity contribution in [1.29, 1.82) is 0 Å². The van der Waals surface area contributed by atoms with Crippen LogP contribution in [0, 0.1) is 0 Å². The van der Waals surface area contributed by atoms with E-state index in [9.17, 15) is 9.90 Å². The number of amides is 1. The topological polar surface area (TPSA) is 138 Å². The van der Waals surface area contributed by atoms with Gasteiger partial charge in [0.05, 0.1) is 32.0 Å². The maximum atomic E-state index is 11.3. The van der Waals surface area contributed by atoms with Crippen molar-refractivity contribution >= 4 is 5.91 Å². The summed E-state index contributed by atoms with van der Waals surface area (Å²) in [5.74, 6) is -0.177. The molecule has 140 valence electrons. The minimum absolute atomic E-state index is 0.153. The molecule has 0 aliphatic carbocycles. The Bertz CT molecular complexity index is 382. The van der Waals surface area contributed by atoms with Crippen LogP contribution >= 0.6 is 0 Å². The summed E-state index contributed by atoms with van der Waals surface area (Å²) in [4.78, 5) is 13.8. The van der Waals surface area contributed by atoms with Crippen LogP contribution in [-0.2, 0) is 19.0 Å². The van der Waals surface area contributed by atoms with Gasteiger partial charge in [-0.15, -0.1) is 0 Å². The van der Waals surface area contributed by atoms with Gasteiger partial charge in [0.25, 0.3) is 0 Å². The Hall–Kier alpha value is -1.42. The van der Waals surface area contributed by atoms with E-state index >= 15 is 0 Å². The lowest BCUT2D eigenvalue weighted by molar-refractivity contribution is -0.182. The van der Waals surface area contributed by atoms with Crippen LogP contribution in [0.4, 0.5) is 0 Å². The number of rotatable bonds is 14. The SMILES string of the molecule is CC(C)(C)OC(O)NCCOCCOCCNC(=O)CCN=[N+]=[N-]. The van der Waals surface area contributed by atoms with E-state index in [0.717, 1.165) is 0 Å². The van der Waals surface area contributed by atoms with Crippen molar-refractivity contribution in [2.75, 3.05) is 46.1 Å². The van der Waals surface area contributed by atoms with Gasteiger partial charge >= 0.3 is 0 Å². The second kappa shape index (κ2) is 14.0. The average molecular weight is 347 g/mol. The molecule has 1 atom stereocenters. The first-order valence-corrected chi connectivity index (χ1v) is 7.87. The number of ether oxygens (including phenoxy) is 3. The third kappa shape index (κ3) is 16.9. The zero-order chi connectivity index (χ0) is 18.3. The first-order valence-electron chi connectivity index (χ1n) is 7.87. The standard InChI is InChI=1S/C14H29N5O5/c1-14(2,3)24-13(21)17-7-9-23-11-10-22-8-6-16-12(20)4-5-18-19-15/h13,17,21H,4-11H2,1-3H3,(H,16,20). The number of hydrogen-bond donors (Lipinski definition) is 3. The highest BCUT2D eigenvalue weighted by Gasteiger charge is 2.15. The predicted molar refractivity (Wildman–Crippen MR) is 88.1 cm³/mol. The van der Waals surface area contributed by atoms with Crippen LogP contribution < -0.4 is 10.6 Å². The molecular weight excluding hydrogens is 318 g/mol. The summed E-state index contributed by atoms with van der Waals surface area (Å²) in [5.41, 5.74) is 7.66. The van der Waals surface area contributed by atoms with Crippen LogP contribution in [0.25, 0.3) is 10.4 Å². The molecule has 0 rings (SSSR count). The van der Waals surface area contributed by atoms with Gasteiger partial charge in [0.1, 0.15) is 0 Å². The molecule has 0 aromatic rings. The Balaban J connectivity index is 3.31. The quantitative estimate of drug-likeness (QED) is 0.138. The van der Waals surface area contributed by atoms with Crippen molar-refractivity contribution in [1.82, 2.24) is 10.6 Å². The van der Waals surface area contributed by atoms with Gasteiger partial charge in [-0.3, -0.25) is 10.1 Å². The summed E-state index contributed by atoms with van der Waals surface area (Å²) in [6.07, 6.45) is -0.849. The molecule has 0 aliphatic rings. The van der Waals surface area contributed by atoms with Crippen molar-refractivity contribution in [2.24, 2.45) is 5.11 Å². The van der Waals surface area contributed by atoms with Crippen LogP contribution in [-0.4, -0.2) is 69.1 Å². The number of hydrogen-bond acceptors (Lipinski definition) is 7. The molecule has 0 heterocycles. The molecule has 10 nitrogen and oxygen atoms in total. The normalized spacial score (nSPS) is 12.5. The molecule has 0 aliphatic heterocycles. The predicted octanol–water partition coefficient (Wildman–Crippen LogP) is 0.517. The summed E-state index contributed by atoms with van der Waals surface area (Å²) in [5, 5.41) is 18.2. The smallest absolute Gasteiger partial charge is 0.220 e. The van der Waals surface area contributed by atoms with Gasteiger partial charge in [0, 0.05) is 31.0 Å². The van der Waals surface area contributed by atoms with Gasteiger partial charge in [0.15, 0.2) is 0 Å². The first kappa shape index (κ1) is 22.6. The molecule has 0 bridgehead atoms. The minimum Gasteiger partial charge on any atom is -0.378 e. The Kier molecular flexibility index (Phi) is 13.1. The maximum Gasteiger partial charge on any atom is 0.220 e. The van der Waals surface area contributed by atoms with Gasteiger partial charge in [-0.25, -0.2) is 0 Å². The molecule has 10 heteroatoms. The van der Waals surface area contributed by atoms with Crippen LogP contribution in [0.3, 0.4) is 0 Å². The van der Waals surface area contributed by atoms with Gasteiger partial charge in [0.2, 0.25) is 12.3 Å². The lowest BCUT2D eigenvalue weighted by Gasteiger charge is -2.24. The lowest BCUT2D eigenvalue weighted by Crippen LogP contribution is -2.39. The summed E-state index contributed by atoms with van der Waals surface area (Å²) in [7, 11) is 0. The fourth-order valence-corrected chi connectivity index (χ4v) is 1.50. The van der Waals surface area contributed by atoms with Crippen LogP contribution in [0.15, 0.2) is 5.11 Å². The number of aliphatic hydroxyl groups excluding tert-OH is 1. The van der Waals surface area contributed by atoms with Crippen molar-refractivity contribution in [3.63, 3.8) is 0 Å². The molecule has 0 radical (unpaired) electrons. The Morgan fingerprint density at radius 3 is 2.42 bits per heavy atom. The maximum absolute atomic E-state index is 11.3. The molecule has 0 spiro atoms. The highest BCUT2D eigenvalue weighted by molar-refractivity contribution is 5.76. The fourth-order valence-electron chi connectivity index (χ4n) is 1.50. The zero-order valence-corrected chi connectivity index (χ0v) is 14.7. The average Bonchev–Trinajstić information content (AvgIpc) is 2.47.